The molecule has 1 rings (SSSR count). The molecule has 0 aliphatic heterocycles. The van der Waals surface area contributed by atoms with Crippen molar-refractivity contribution < 1.29 is 14.3 Å². The van der Waals surface area contributed by atoms with Crippen LogP contribution in [0, 0.1) is 6.92 Å². The first-order valence-electron chi connectivity index (χ1n) is 6.49. The number of hydrogen-bond donors (Lipinski definition) is 3. The molecule has 0 spiro atoms. The van der Waals surface area contributed by atoms with E-state index in [0.29, 0.717) is 13.2 Å². The van der Waals surface area contributed by atoms with Crippen LogP contribution >= 0.6 is 0 Å². The van der Waals surface area contributed by atoms with Gasteiger partial charge in [-0.2, -0.15) is 0 Å². The largest absolute Gasteiger partial charge is 0.492 e. The zero-order valence-electron chi connectivity index (χ0n) is 11.9. The maximum absolute atomic E-state index is 11.4. The Morgan fingerprint density at radius 1 is 1.20 bits per heavy atom. The zero-order valence-corrected chi connectivity index (χ0v) is 11.9. The average Bonchev–Trinajstić information content (AvgIpc) is 2.43. The van der Waals surface area contributed by atoms with Crippen LogP contribution in [0.1, 0.15) is 5.56 Å². The number of benzene rings is 1. The standard InChI is InChI=1S/C14H21N3O3/c1-11-4-3-5-12(8-11)20-7-6-17-14(19)10-16-9-13(18)15-2/h3-5,8,16H,6-7,9-10H2,1-2H3,(H,15,18)(H,17,19). The van der Waals surface area contributed by atoms with Gasteiger partial charge >= 0.3 is 0 Å². The predicted molar refractivity (Wildman–Crippen MR) is 76.6 cm³/mol. The van der Waals surface area contributed by atoms with Gasteiger partial charge in [0.15, 0.2) is 0 Å². The highest BCUT2D eigenvalue weighted by molar-refractivity contribution is 5.80. The maximum Gasteiger partial charge on any atom is 0.234 e. The van der Waals surface area contributed by atoms with Crippen molar-refractivity contribution in [2.24, 2.45) is 0 Å². The number of amides is 2. The average molecular weight is 279 g/mol. The lowest BCUT2D eigenvalue weighted by Gasteiger charge is -2.08. The molecule has 0 heterocycles. The van der Waals surface area contributed by atoms with Crippen LogP contribution in [0.2, 0.25) is 0 Å². The van der Waals surface area contributed by atoms with Gasteiger partial charge in [0.1, 0.15) is 12.4 Å². The molecule has 6 nitrogen and oxygen atoms in total. The molecule has 0 saturated carbocycles. The van der Waals surface area contributed by atoms with Crippen molar-refractivity contribution in [3.63, 3.8) is 0 Å². The first-order valence-corrected chi connectivity index (χ1v) is 6.49. The monoisotopic (exact) mass is 279 g/mol. The molecule has 0 unspecified atom stereocenters. The zero-order chi connectivity index (χ0) is 14.8. The third-order valence-electron chi connectivity index (χ3n) is 2.53. The SMILES string of the molecule is CNC(=O)CNCC(=O)NCCOc1cccc(C)c1. The van der Waals surface area contributed by atoms with Gasteiger partial charge in [-0.25, -0.2) is 0 Å². The summed E-state index contributed by atoms with van der Waals surface area (Å²) in [6, 6.07) is 7.73. The van der Waals surface area contributed by atoms with E-state index in [9.17, 15) is 9.59 Å². The molecule has 0 atom stereocenters. The van der Waals surface area contributed by atoms with E-state index in [2.05, 4.69) is 16.0 Å². The molecule has 0 aromatic heterocycles. The minimum atomic E-state index is -0.165. The topological polar surface area (TPSA) is 79.5 Å². The summed E-state index contributed by atoms with van der Waals surface area (Å²) >= 11 is 0. The van der Waals surface area contributed by atoms with Crippen molar-refractivity contribution in [3.05, 3.63) is 29.8 Å². The quantitative estimate of drug-likeness (QED) is 0.577. The molecule has 3 N–H and O–H groups in total. The van der Waals surface area contributed by atoms with Crippen molar-refractivity contribution in [3.8, 4) is 5.75 Å². The summed E-state index contributed by atoms with van der Waals surface area (Å²) in [6.45, 7) is 3.06. The molecule has 20 heavy (non-hydrogen) atoms. The van der Waals surface area contributed by atoms with E-state index in [0.717, 1.165) is 11.3 Å². The Bertz CT molecular complexity index is 449. The normalized spacial score (nSPS) is 9.90. The Morgan fingerprint density at radius 2 is 1.95 bits per heavy atom. The van der Waals surface area contributed by atoms with Crippen LogP contribution in [0.5, 0.6) is 5.75 Å². The second kappa shape index (κ2) is 8.92. The summed E-state index contributed by atoms with van der Waals surface area (Å²) in [5.41, 5.74) is 1.13. The Hall–Kier alpha value is -2.08. The Labute approximate surface area is 118 Å². The van der Waals surface area contributed by atoms with E-state index in [1.165, 1.54) is 0 Å². The summed E-state index contributed by atoms with van der Waals surface area (Å²) in [7, 11) is 1.55. The van der Waals surface area contributed by atoms with Crippen LogP contribution in [-0.4, -0.2) is 45.1 Å². The lowest BCUT2D eigenvalue weighted by atomic mass is 10.2. The summed E-state index contributed by atoms with van der Waals surface area (Å²) in [5.74, 6) is 0.472. The minimum Gasteiger partial charge on any atom is -0.492 e. The summed E-state index contributed by atoms with van der Waals surface area (Å²) in [6.07, 6.45) is 0. The van der Waals surface area contributed by atoms with E-state index in [-0.39, 0.29) is 24.9 Å². The first kappa shape index (κ1) is 16.0. The fourth-order valence-corrected chi connectivity index (χ4v) is 1.50. The molecular formula is C14H21N3O3. The van der Waals surface area contributed by atoms with Gasteiger partial charge in [0, 0.05) is 7.05 Å². The van der Waals surface area contributed by atoms with Crippen LogP contribution < -0.4 is 20.7 Å². The van der Waals surface area contributed by atoms with Crippen molar-refractivity contribution in [1.82, 2.24) is 16.0 Å². The van der Waals surface area contributed by atoms with E-state index in [1.807, 2.05) is 31.2 Å². The Balaban J connectivity index is 2.09. The Morgan fingerprint density at radius 3 is 2.65 bits per heavy atom. The van der Waals surface area contributed by atoms with Crippen molar-refractivity contribution >= 4 is 11.8 Å². The molecule has 6 heteroatoms. The molecule has 0 fully saturated rings. The minimum absolute atomic E-state index is 0.109. The van der Waals surface area contributed by atoms with Crippen LogP contribution in [0.25, 0.3) is 0 Å². The van der Waals surface area contributed by atoms with E-state index >= 15 is 0 Å². The van der Waals surface area contributed by atoms with Crippen LogP contribution in [0.4, 0.5) is 0 Å². The molecule has 0 aliphatic rings. The van der Waals surface area contributed by atoms with Crippen molar-refractivity contribution in [2.75, 3.05) is 33.3 Å². The molecule has 0 aliphatic carbocycles. The van der Waals surface area contributed by atoms with Gasteiger partial charge in [-0.05, 0) is 24.6 Å². The fourth-order valence-electron chi connectivity index (χ4n) is 1.50. The van der Waals surface area contributed by atoms with Gasteiger partial charge in [-0.3, -0.25) is 14.9 Å². The number of ether oxygens (including phenoxy) is 1. The van der Waals surface area contributed by atoms with E-state index in [1.54, 1.807) is 7.05 Å². The maximum atomic E-state index is 11.4. The lowest BCUT2D eigenvalue weighted by Crippen LogP contribution is -2.39. The molecule has 1 aromatic carbocycles. The second-order valence-electron chi connectivity index (χ2n) is 4.29. The highest BCUT2D eigenvalue weighted by Gasteiger charge is 2.02. The van der Waals surface area contributed by atoms with E-state index in [4.69, 9.17) is 4.74 Å². The predicted octanol–water partition coefficient (Wildman–Crippen LogP) is -0.174. The molecule has 2 amide bonds. The second-order valence-corrected chi connectivity index (χ2v) is 4.29. The number of rotatable bonds is 8. The van der Waals surface area contributed by atoms with Gasteiger partial charge < -0.3 is 15.4 Å². The smallest absolute Gasteiger partial charge is 0.234 e. The Kier molecular flexibility index (Phi) is 7.13. The molecule has 0 radical (unpaired) electrons. The number of likely N-dealkylation sites (N-methyl/N-ethyl adjacent to an activating group) is 1. The number of aryl methyl sites for hydroxylation is 1. The highest BCUT2D eigenvalue weighted by atomic mass is 16.5. The van der Waals surface area contributed by atoms with Gasteiger partial charge in [-0.15, -0.1) is 0 Å². The van der Waals surface area contributed by atoms with Crippen molar-refractivity contribution in [1.29, 1.82) is 0 Å². The third kappa shape index (κ3) is 6.75. The number of carbonyl (C=O) groups is 2. The number of hydrogen-bond acceptors (Lipinski definition) is 4. The third-order valence-corrected chi connectivity index (χ3v) is 2.53. The number of carbonyl (C=O) groups excluding carboxylic acids is 2. The fraction of sp³-hybridized carbons (Fsp3) is 0.429. The van der Waals surface area contributed by atoms with Gasteiger partial charge in [0.05, 0.1) is 19.6 Å². The highest BCUT2D eigenvalue weighted by Crippen LogP contribution is 2.11. The molecule has 0 bridgehead atoms. The molecular weight excluding hydrogens is 258 g/mol. The molecule has 0 saturated heterocycles. The van der Waals surface area contributed by atoms with Crippen molar-refractivity contribution in [2.45, 2.75) is 6.92 Å². The summed E-state index contributed by atoms with van der Waals surface area (Å²) in [5, 5.41) is 7.90. The molecule has 1 aromatic rings. The van der Waals surface area contributed by atoms with Crippen LogP contribution in [-0.2, 0) is 9.59 Å². The van der Waals surface area contributed by atoms with Gasteiger partial charge in [0.2, 0.25) is 11.8 Å². The first-order chi connectivity index (χ1) is 9.61. The van der Waals surface area contributed by atoms with Gasteiger partial charge in [0.25, 0.3) is 0 Å². The number of nitrogens with one attached hydrogen (secondary N) is 3. The van der Waals surface area contributed by atoms with Crippen LogP contribution in [0.15, 0.2) is 24.3 Å². The lowest BCUT2D eigenvalue weighted by molar-refractivity contribution is -0.121. The van der Waals surface area contributed by atoms with Gasteiger partial charge in [-0.1, -0.05) is 12.1 Å². The van der Waals surface area contributed by atoms with Crippen LogP contribution in [0.3, 0.4) is 0 Å². The summed E-state index contributed by atoms with van der Waals surface area (Å²) < 4.78 is 5.50. The van der Waals surface area contributed by atoms with E-state index < -0.39 is 0 Å². The molecule has 110 valence electrons. The summed E-state index contributed by atoms with van der Waals surface area (Å²) in [4.78, 5) is 22.3.